The number of para-hydroxylation sites is 1. The van der Waals surface area contributed by atoms with Crippen molar-refractivity contribution in [1.82, 2.24) is 14.8 Å². The van der Waals surface area contributed by atoms with Crippen LogP contribution in [0.3, 0.4) is 0 Å². The van der Waals surface area contributed by atoms with Crippen LogP contribution in [-0.4, -0.2) is 39.6 Å². The summed E-state index contributed by atoms with van der Waals surface area (Å²) in [6, 6.07) is 9.19. The summed E-state index contributed by atoms with van der Waals surface area (Å²) < 4.78 is 24.9. The lowest BCUT2D eigenvalue weighted by Crippen LogP contribution is -2.37. The Bertz CT molecular complexity index is 678. The lowest BCUT2D eigenvalue weighted by molar-refractivity contribution is 0.258. The predicted octanol–water partition coefficient (Wildman–Crippen LogP) is 0.953. The Morgan fingerprint density at radius 1 is 1.25 bits per heavy atom. The molecule has 0 atom stereocenters. The minimum absolute atomic E-state index is 0.268. The third-order valence-electron chi connectivity index (χ3n) is 3.16. The molecule has 1 N–H and O–H groups in total. The maximum Gasteiger partial charge on any atom is 0.164 e. The van der Waals surface area contributed by atoms with Gasteiger partial charge >= 0.3 is 0 Å². The van der Waals surface area contributed by atoms with E-state index >= 15 is 0 Å². The van der Waals surface area contributed by atoms with Crippen molar-refractivity contribution in [1.29, 1.82) is 0 Å². The standard InChI is InChI=1S/C13H17N3O3S/c1-13(2,9-17)20(18,19)8-12-14-10-15-16(12)11-6-4-3-5-7-11/h3-7,10,17H,8-9H2,1-2H3. The Labute approximate surface area is 118 Å². The molecule has 1 aromatic carbocycles. The van der Waals surface area contributed by atoms with Crippen LogP contribution < -0.4 is 0 Å². The second-order valence-electron chi connectivity index (χ2n) is 5.10. The van der Waals surface area contributed by atoms with Gasteiger partial charge in [-0.15, -0.1) is 0 Å². The molecule has 0 amide bonds. The van der Waals surface area contributed by atoms with Gasteiger partial charge in [-0.1, -0.05) is 18.2 Å². The molecule has 0 spiro atoms. The molecule has 0 aliphatic rings. The second-order valence-corrected chi connectivity index (χ2v) is 7.72. The molecule has 0 radical (unpaired) electrons. The van der Waals surface area contributed by atoms with Gasteiger partial charge in [0.1, 0.15) is 17.9 Å². The van der Waals surface area contributed by atoms with Crippen molar-refractivity contribution in [2.45, 2.75) is 24.3 Å². The summed E-state index contributed by atoms with van der Waals surface area (Å²) in [5.41, 5.74) is 0.747. The zero-order valence-electron chi connectivity index (χ0n) is 11.4. The number of sulfone groups is 1. The average Bonchev–Trinajstić information content (AvgIpc) is 2.87. The smallest absolute Gasteiger partial charge is 0.164 e. The van der Waals surface area contributed by atoms with E-state index < -0.39 is 21.2 Å². The van der Waals surface area contributed by atoms with Gasteiger partial charge in [-0.25, -0.2) is 18.1 Å². The van der Waals surface area contributed by atoms with Crippen LogP contribution in [-0.2, 0) is 15.6 Å². The van der Waals surface area contributed by atoms with Crippen LogP contribution >= 0.6 is 0 Å². The third-order valence-corrected chi connectivity index (χ3v) is 5.61. The number of hydrogen-bond donors (Lipinski definition) is 1. The van der Waals surface area contributed by atoms with Crippen molar-refractivity contribution in [2.24, 2.45) is 0 Å². The maximum atomic E-state index is 12.3. The predicted molar refractivity (Wildman–Crippen MR) is 75.1 cm³/mol. The van der Waals surface area contributed by atoms with Crippen LogP contribution in [0.4, 0.5) is 0 Å². The monoisotopic (exact) mass is 295 g/mol. The van der Waals surface area contributed by atoms with E-state index in [1.165, 1.54) is 24.9 Å². The van der Waals surface area contributed by atoms with Crippen LogP contribution in [0.5, 0.6) is 0 Å². The largest absolute Gasteiger partial charge is 0.395 e. The van der Waals surface area contributed by atoms with Crippen LogP contribution in [0, 0.1) is 0 Å². The van der Waals surface area contributed by atoms with E-state index in [9.17, 15) is 13.5 Å². The van der Waals surface area contributed by atoms with Gasteiger partial charge in [0.25, 0.3) is 0 Å². The highest BCUT2D eigenvalue weighted by molar-refractivity contribution is 7.92. The molecular formula is C13H17N3O3S. The summed E-state index contributed by atoms with van der Waals surface area (Å²) in [6.45, 7) is 2.55. The van der Waals surface area contributed by atoms with Crippen molar-refractivity contribution < 1.29 is 13.5 Å². The van der Waals surface area contributed by atoms with Gasteiger partial charge in [-0.2, -0.15) is 5.10 Å². The van der Waals surface area contributed by atoms with Gasteiger partial charge in [-0.05, 0) is 26.0 Å². The SMILES string of the molecule is CC(C)(CO)S(=O)(=O)Cc1ncnn1-c1ccccc1. The Balaban J connectivity index is 2.36. The normalized spacial score (nSPS) is 12.6. The number of aliphatic hydroxyl groups is 1. The molecule has 0 saturated heterocycles. The number of aromatic nitrogens is 3. The first-order chi connectivity index (χ1) is 9.37. The lowest BCUT2D eigenvalue weighted by Gasteiger charge is -2.21. The summed E-state index contributed by atoms with van der Waals surface area (Å²) >= 11 is 0. The van der Waals surface area contributed by atoms with Crippen LogP contribution in [0.25, 0.3) is 5.69 Å². The molecule has 6 nitrogen and oxygen atoms in total. The summed E-state index contributed by atoms with van der Waals surface area (Å²) in [7, 11) is -3.54. The van der Waals surface area contributed by atoms with Crippen molar-refractivity contribution in [2.75, 3.05) is 6.61 Å². The van der Waals surface area contributed by atoms with Crippen LogP contribution in [0.15, 0.2) is 36.7 Å². The summed E-state index contributed by atoms with van der Waals surface area (Å²) in [4.78, 5) is 4.02. The van der Waals surface area contributed by atoms with E-state index in [1.54, 1.807) is 0 Å². The van der Waals surface area contributed by atoms with E-state index in [4.69, 9.17) is 0 Å². The fraction of sp³-hybridized carbons (Fsp3) is 0.385. The van der Waals surface area contributed by atoms with Crippen molar-refractivity contribution in [3.05, 3.63) is 42.5 Å². The molecule has 0 fully saturated rings. The fourth-order valence-corrected chi connectivity index (χ4v) is 2.74. The molecule has 0 saturated carbocycles. The van der Waals surface area contributed by atoms with Crippen molar-refractivity contribution in [3.63, 3.8) is 0 Å². The molecule has 0 bridgehead atoms. The van der Waals surface area contributed by atoms with Gasteiger partial charge in [0, 0.05) is 0 Å². The molecule has 1 aromatic heterocycles. The number of hydrogen-bond acceptors (Lipinski definition) is 5. The highest BCUT2D eigenvalue weighted by atomic mass is 32.2. The summed E-state index contributed by atoms with van der Waals surface area (Å²) in [5.74, 6) is 0.0628. The Morgan fingerprint density at radius 3 is 2.50 bits per heavy atom. The number of benzene rings is 1. The zero-order valence-corrected chi connectivity index (χ0v) is 12.2. The summed E-state index contributed by atoms with van der Waals surface area (Å²) in [5, 5.41) is 13.3. The molecule has 108 valence electrons. The van der Waals surface area contributed by atoms with Gasteiger partial charge in [0.15, 0.2) is 9.84 Å². The Hall–Kier alpha value is -1.73. The lowest BCUT2D eigenvalue weighted by atomic mass is 10.2. The molecule has 20 heavy (non-hydrogen) atoms. The molecule has 7 heteroatoms. The Kier molecular flexibility index (Phi) is 3.92. The van der Waals surface area contributed by atoms with E-state index in [1.807, 2.05) is 30.3 Å². The highest BCUT2D eigenvalue weighted by Gasteiger charge is 2.35. The Morgan fingerprint density at radius 2 is 1.90 bits per heavy atom. The average molecular weight is 295 g/mol. The van der Waals surface area contributed by atoms with E-state index in [0.717, 1.165) is 5.69 Å². The first kappa shape index (κ1) is 14.7. The van der Waals surface area contributed by atoms with E-state index in [2.05, 4.69) is 10.1 Å². The first-order valence-corrected chi connectivity index (χ1v) is 7.80. The van der Waals surface area contributed by atoms with Crippen molar-refractivity contribution in [3.8, 4) is 5.69 Å². The molecule has 0 aliphatic heterocycles. The molecule has 2 aromatic rings. The molecule has 0 unspecified atom stereocenters. The second kappa shape index (κ2) is 5.34. The van der Waals surface area contributed by atoms with Gasteiger partial charge in [0.2, 0.25) is 0 Å². The number of rotatable bonds is 5. The molecule has 0 aliphatic carbocycles. The van der Waals surface area contributed by atoms with E-state index in [0.29, 0.717) is 5.82 Å². The highest BCUT2D eigenvalue weighted by Crippen LogP contribution is 2.21. The topological polar surface area (TPSA) is 85.1 Å². The number of nitrogens with zero attached hydrogens (tertiary/aromatic N) is 3. The summed E-state index contributed by atoms with van der Waals surface area (Å²) in [6.07, 6.45) is 1.32. The van der Waals surface area contributed by atoms with Gasteiger partial charge in [-0.3, -0.25) is 0 Å². The maximum absolute atomic E-state index is 12.3. The molecular weight excluding hydrogens is 278 g/mol. The van der Waals surface area contributed by atoms with Crippen LogP contribution in [0.2, 0.25) is 0 Å². The van der Waals surface area contributed by atoms with Gasteiger partial charge in [0.05, 0.1) is 17.0 Å². The molecule has 2 rings (SSSR count). The quantitative estimate of drug-likeness (QED) is 0.887. The minimum atomic E-state index is -3.54. The number of aliphatic hydroxyl groups excluding tert-OH is 1. The van der Waals surface area contributed by atoms with Crippen molar-refractivity contribution >= 4 is 9.84 Å². The van der Waals surface area contributed by atoms with E-state index in [-0.39, 0.29) is 5.75 Å². The molecule has 1 heterocycles. The van der Waals surface area contributed by atoms with Gasteiger partial charge < -0.3 is 5.11 Å². The minimum Gasteiger partial charge on any atom is -0.395 e. The fourth-order valence-electron chi connectivity index (χ4n) is 1.61. The first-order valence-electron chi connectivity index (χ1n) is 6.15. The van der Waals surface area contributed by atoms with Crippen LogP contribution in [0.1, 0.15) is 19.7 Å². The third kappa shape index (κ3) is 2.73. The zero-order chi connectivity index (χ0) is 14.8.